The molecular formula is C26H32O4. The average Bonchev–Trinajstić information content (AvgIpc) is 2.69. The van der Waals surface area contributed by atoms with Crippen LogP contribution in [-0.2, 0) is 19.3 Å². The van der Waals surface area contributed by atoms with E-state index in [1.165, 1.54) is 27.8 Å². The zero-order valence-corrected chi connectivity index (χ0v) is 18.8. The summed E-state index contributed by atoms with van der Waals surface area (Å²) in [5, 5.41) is 9.97. The maximum atomic E-state index is 9.97. The number of phenols is 1. The first kappa shape index (κ1) is 20.6. The van der Waals surface area contributed by atoms with Crippen molar-refractivity contribution < 1.29 is 19.3 Å². The summed E-state index contributed by atoms with van der Waals surface area (Å²) in [6, 6.07) is 7.56. The van der Waals surface area contributed by atoms with E-state index in [2.05, 4.69) is 33.8 Å². The average molecular weight is 409 g/mol. The van der Waals surface area contributed by atoms with Crippen LogP contribution >= 0.6 is 0 Å². The number of allylic oxidation sites excluding steroid dienone is 2. The van der Waals surface area contributed by atoms with Crippen LogP contribution in [0.5, 0.6) is 23.0 Å². The van der Waals surface area contributed by atoms with Crippen molar-refractivity contribution in [3.05, 3.63) is 58.2 Å². The first-order valence-corrected chi connectivity index (χ1v) is 10.7. The number of phenolic OH excluding ortho intramolecular Hbond substituents is 1. The number of aromatic hydroxyl groups is 1. The third-order valence-corrected chi connectivity index (χ3v) is 6.74. The van der Waals surface area contributed by atoms with Crippen LogP contribution in [-0.4, -0.2) is 24.9 Å². The van der Waals surface area contributed by atoms with Crippen LogP contribution in [0.15, 0.2) is 35.9 Å². The van der Waals surface area contributed by atoms with Crippen LogP contribution in [0.1, 0.15) is 55.9 Å². The Labute approximate surface area is 179 Å². The zero-order chi connectivity index (χ0) is 21.6. The van der Waals surface area contributed by atoms with Crippen molar-refractivity contribution >= 4 is 0 Å². The van der Waals surface area contributed by atoms with Gasteiger partial charge in [-0.05, 0) is 75.6 Å². The highest BCUT2D eigenvalue weighted by Crippen LogP contribution is 2.53. The molecule has 160 valence electrons. The van der Waals surface area contributed by atoms with Gasteiger partial charge in [0.1, 0.15) is 28.6 Å². The molecule has 2 aliphatic rings. The lowest BCUT2D eigenvalue weighted by Gasteiger charge is -2.48. The van der Waals surface area contributed by atoms with E-state index in [-0.39, 0.29) is 11.4 Å². The summed E-state index contributed by atoms with van der Waals surface area (Å²) in [5.74, 6) is 3.46. The van der Waals surface area contributed by atoms with Crippen molar-refractivity contribution in [3.8, 4) is 23.0 Å². The fourth-order valence-corrected chi connectivity index (χ4v) is 5.20. The van der Waals surface area contributed by atoms with Crippen molar-refractivity contribution in [1.29, 1.82) is 0 Å². The summed E-state index contributed by atoms with van der Waals surface area (Å²) < 4.78 is 18.0. The Morgan fingerprint density at radius 2 is 1.83 bits per heavy atom. The van der Waals surface area contributed by atoms with Gasteiger partial charge in [0, 0.05) is 23.6 Å². The van der Waals surface area contributed by atoms with Gasteiger partial charge in [-0.2, -0.15) is 0 Å². The molecule has 4 rings (SSSR count). The fourth-order valence-electron chi connectivity index (χ4n) is 5.20. The van der Waals surface area contributed by atoms with E-state index in [9.17, 15) is 5.11 Å². The van der Waals surface area contributed by atoms with E-state index < -0.39 is 0 Å². The minimum atomic E-state index is -0.340. The molecule has 0 fully saturated rings. The summed E-state index contributed by atoms with van der Waals surface area (Å²) in [6.07, 6.45) is 4.91. The second-order valence-corrected chi connectivity index (χ2v) is 9.25. The smallest absolute Gasteiger partial charge is 0.127 e. The number of methoxy groups -OCH3 is 2. The van der Waals surface area contributed by atoms with Gasteiger partial charge < -0.3 is 19.3 Å². The maximum absolute atomic E-state index is 9.97. The highest BCUT2D eigenvalue weighted by Gasteiger charge is 2.47. The van der Waals surface area contributed by atoms with Crippen molar-refractivity contribution in [2.45, 2.75) is 58.5 Å². The Bertz CT molecular complexity index is 999. The second-order valence-electron chi connectivity index (χ2n) is 9.25. The predicted molar refractivity (Wildman–Crippen MR) is 119 cm³/mol. The second kappa shape index (κ2) is 7.57. The molecule has 4 nitrogen and oxygen atoms in total. The number of hydrogen-bond donors (Lipinski definition) is 1. The highest BCUT2D eigenvalue weighted by molar-refractivity contribution is 5.57. The quantitative estimate of drug-likeness (QED) is 0.670. The molecule has 2 aromatic carbocycles. The molecule has 0 saturated carbocycles. The van der Waals surface area contributed by atoms with Gasteiger partial charge in [-0.15, -0.1) is 0 Å². The van der Waals surface area contributed by atoms with Crippen LogP contribution in [0.3, 0.4) is 0 Å². The summed E-state index contributed by atoms with van der Waals surface area (Å²) in [7, 11) is 3.46. The molecule has 1 heterocycles. The Morgan fingerprint density at radius 3 is 2.50 bits per heavy atom. The number of hydrogen-bond acceptors (Lipinski definition) is 4. The third-order valence-electron chi connectivity index (χ3n) is 6.74. The van der Waals surface area contributed by atoms with Crippen LogP contribution in [0.25, 0.3) is 0 Å². The summed E-state index contributed by atoms with van der Waals surface area (Å²) in [4.78, 5) is 0. The Hall–Kier alpha value is -2.62. The van der Waals surface area contributed by atoms with Crippen LogP contribution < -0.4 is 14.2 Å². The largest absolute Gasteiger partial charge is 0.508 e. The fraction of sp³-hybridized carbons (Fsp3) is 0.462. The Morgan fingerprint density at radius 1 is 1.10 bits per heavy atom. The van der Waals surface area contributed by atoms with Gasteiger partial charge in [-0.25, -0.2) is 0 Å². The van der Waals surface area contributed by atoms with E-state index in [0.29, 0.717) is 11.8 Å². The van der Waals surface area contributed by atoms with Gasteiger partial charge in [0.15, 0.2) is 0 Å². The highest BCUT2D eigenvalue weighted by atomic mass is 16.5. The topological polar surface area (TPSA) is 47.9 Å². The van der Waals surface area contributed by atoms with Crippen molar-refractivity contribution in [3.63, 3.8) is 0 Å². The van der Waals surface area contributed by atoms with Gasteiger partial charge in [0.2, 0.25) is 0 Å². The first-order chi connectivity index (χ1) is 14.2. The number of ether oxygens (including phenoxy) is 3. The zero-order valence-electron chi connectivity index (χ0n) is 18.8. The molecule has 0 radical (unpaired) electrons. The van der Waals surface area contributed by atoms with Gasteiger partial charge in [-0.1, -0.05) is 17.7 Å². The van der Waals surface area contributed by atoms with E-state index in [4.69, 9.17) is 14.2 Å². The lowest BCUT2D eigenvalue weighted by molar-refractivity contribution is 0.00614. The summed E-state index contributed by atoms with van der Waals surface area (Å²) in [5.41, 5.74) is 5.99. The molecule has 0 spiro atoms. The predicted octanol–water partition coefficient (Wildman–Crippen LogP) is 5.59. The minimum absolute atomic E-state index is 0.241. The van der Waals surface area contributed by atoms with Crippen LogP contribution in [0.2, 0.25) is 0 Å². The molecule has 1 aliphatic carbocycles. The third kappa shape index (κ3) is 3.42. The van der Waals surface area contributed by atoms with E-state index in [0.717, 1.165) is 36.5 Å². The molecule has 0 saturated heterocycles. The molecule has 0 bridgehead atoms. The summed E-state index contributed by atoms with van der Waals surface area (Å²) >= 11 is 0. The van der Waals surface area contributed by atoms with Crippen molar-refractivity contribution in [2.75, 3.05) is 14.2 Å². The lowest BCUT2D eigenvalue weighted by Crippen LogP contribution is -2.48. The molecule has 2 unspecified atom stereocenters. The molecule has 1 N–H and O–H groups in total. The molecule has 0 aromatic heterocycles. The first-order valence-electron chi connectivity index (χ1n) is 10.7. The monoisotopic (exact) mass is 408 g/mol. The standard InChI is InChI=1S/C26H32O4/c1-15(2)7-9-17-19-13-22-20(12-21(19)24(29-6)14-23(17)28-5)18-10-8-16(27)11-25(18)30-26(22,3)4/h7-8,10-11,14,20,22,27H,9,12-13H2,1-6H3. The molecule has 2 atom stereocenters. The van der Waals surface area contributed by atoms with E-state index in [1.807, 2.05) is 12.1 Å². The van der Waals surface area contributed by atoms with Crippen LogP contribution in [0.4, 0.5) is 0 Å². The molecule has 1 aliphatic heterocycles. The van der Waals surface area contributed by atoms with Crippen LogP contribution in [0, 0.1) is 5.92 Å². The number of rotatable bonds is 4. The van der Waals surface area contributed by atoms with Gasteiger partial charge in [-0.3, -0.25) is 0 Å². The number of benzene rings is 2. The van der Waals surface area contributed by atoms with Gasteiger partial charge >= 0.3 is 0 Å². The minimum Gasteiger partial charge on any atom is -0.508 e. The van der Waals surface area contributed by atoms with Crippen molar-refractivity contribution in [2.24, 2.45) is 5.92 Å². The SMILES string of the molecule is COc1cc(OC)c2c(c1CC=C(C)C)CC1C(C2)c2ccc(O)cc2OC1(C)C. The van der Waals surface area contributed by atoms with E-state index in [1.54, 1.807) is 26.4 Å². The number of fused-ring (bicyclic) bond motifs is 4. The molecule has 30 heavy (non-hydrogen) atoms. The summed E-state index contributed by atoms with van der Waals surface area (Å²) in [6.45, 7) is 8.58. The van der Waals surface area contributed by atoms with Gasteiger partial charge in [0.25, 0.3) is 0 Å². The van der Waals surface area contributed by atoms with E-state index >= 15 is 0 Å². The van der Waals surface area contributed by atoms with Crippen molar-refractivity contribution in [1.82, 2.24) is 0 Å². The normalized spacial score (nSPS) is 20.9. The Kier molecular flexibility index (Phi) is 5.21. The molecule has 4 heteroatoms. The molecular weight excluding hydrogens is 376 g/mol. The molecule has 2 aromatic rings. The lowest BCUT2D eigenvalue weighted by atomic mass is 9.64. The maximum Gasteiger partial charge on any atom is 0.127 e. The Balaban J connectivity index is 1.88. The van der Waals surface area contributed by atoms with Gasteiger partial charge in [0.05, 0.1) is 14.2 Å². The molecule has 0 amide bonds.